The lowest BCUT2D eigenvalue weighted by molar-refractivity contribution is 0.132. The molecule has 15 heavy (non-hydrogen) atoms. The van der Waals surface area contributed by atoms with Gasteiger partial charge in [-0.3, -0.25) is 4.57 Å². The van der Waals surface area contributed by atoms with Gasteiger partial charge in [0.25, 0.3) is 7.59 Å². The minimum Gasteiger partial charge on any atom is -0.270 e. The second kappa shape index (κ2) is 4.54. The first-order valence-electron chi connectivity index (χ1n) is 5.51. The van der Waals surface area contributed by atoms with E-state index in [1.54, 1.807) is 0 Å². The van der Waals surface area contributed by atoms with Crippen molar-refractivity contribution in [2.45, 2.75) is 13.8 Å². The van der Waals surface area contributed by atoms with Gasteiger partial charge in [-0.1, -0.05) is 13.8 Å². The molecular formula is C10H24N3OP. The Morgan fingerprint density at radius 3 is 1.80 bits per heavy atom. The molecule has 4 nitrogen and oxygen atoms in total. The molecule has 1 saturated heterocycles. The predicted molar refractivity (Wildman–Crippen MR) is 64.9 cm³/mol. The maximum atomic E-state index is 12.7. The highest BCUT2D eigenvalue weighted by Gasteiger charge is 2.44. The lowest BCUT2D eigenvalue weighted by atomic mass is 9.91. The van der Waals surface area contributed by atoms with E-state index in [4.69, 9.17) is 0 Å². The van der Waals surface area contributed by atoms with Crippen LogP contribution in [0.1, 0.15) is 13.8 Å². The summed E-state index contributed by atoms with van der Waals surface area (Å²) < 4.78 is 18.6. The molecule has 90 valence electrons. The molecule has 0 aromatic carbocycles. The number of hydrogen-bond acceptors (Lipinski definition) is 1. The van der Waals surface area contributed by atoms with Crippen LogP contribution in [-0.2, 0) is 4.57 Å². The van der Waals surface area contributed by atoms with Gasteiger partial charge in [-0.05, 0) is 40.0 Å². The van der Waals surface area contributed by atoms with E-state index in [0.717, 1.165) is 13.1 Å². The topological polar surface area (TPSA) is 26.8 Å². The minimum absolute atomic E-state index is 0.694. The summed E-state index contributed by atoms with van der Waals surface area (Å²) in [7, 11) is 5.12. The van der Waals surface area contributed by atoms with E-state index in [0.29, 0.717) is 11.8 Å². The molecule has 0 unspecified atom stereocenters. The van der Waals surface area contributed by atoms with Crippen LogP contribution in [0.15, 0.2) is 0 Å². The van der Waals surface area contributed by atoms with Crippen molar-refractivity contribution >= 4 is 7.59 Å². The number of hydrogen-bond donors (Lipinski definition) is 0. The lowest BCUT2D eigenvalue weighted by Gasteiger charge is -2.49. The third-order valence-corrected chi connectivity index (χ3v) is 6.39. The molecule has 1 fully saturated rings. The summed E-state index contributed by atoms with van der Waals surface area (Å²) >= 11 is 0. The van der Waals surface area contributed by atoms with Gasteiger partial charge in [-0.25, -0.2) is 14.0 Å². The number of rotatable bonds is 4. The summed E-state index contributed by atoms with van der Waals surface area (Å²) in [6, 6.07) is 0. The molecule has 0 aromatic heterocycles. The lowest BCUT2D eigenvalue weighted by Crippen LogP contribution is -2.50. The van der Waals surface area contributed by atoms with E-state index < -0.39 is 7.59 Å². The summed E-state index contributed by atoms with van der Waals surface area (Å²) in [6.45, 7) is 6.40. The maximum Gasteiger partial charge on any atom is 0.285 e. The van der Waals surface area contributed by atoms with Crippen molar-refractivity contribution in [3.05, 3.63) is 0 Å². The highest BCUT2D eigenvalue weighted by molar-refractivity contribution is 7.56. The highest BCUT2D eigenvalue weighted by atomic mass is 31.2. The summed E-state index contributed by atoms with van der Waals surface area (Å²) in [5.74, 6) is 1.40. The fourth-order valence-electron chi connectivity index (χ4n) is 1.99. The highest BCUT2D eigenvalue weighted by Crippen LogP contribution is 2.56. The maximum absolute atomic E-state index is 12.7. The molecule has 0 amide bonds. The van der Waals surface area contributed by atoms with Gasteiger partial charge >= 0.3 is 0 Å². The second-order valence-electron chi connectivity index (χ2n) is 5.08. The molecule has 1 heterocycles. The fourth-order valence-corrected chi connectivity index (χ4v) is 4.56. The van der Waals surface area contributed by atoms with Gasteiger partial charge in [0.1, 0.15) is 0 Å². The average molecular weight is 233 g/mol. The first kappa shape index (κ1) is 13.2. The van der Waals surface area contributed by atoms with Crippen LogP contribution in [0.4, 0.5) is 0 Å². The monoisotopic (exact) mass is 233 g/mol. The van der Waals surface area contributed by atoms with Crippen molar-refractivity contribution in [3.8, 4) is 0 Å². The van der Waals surface area contributed by atoms with Crippen LogP contribution in [0.2, 0.25) is 0 Å². The molecule has 0 atom stereocenters. The molecule has 1 rings (SSSR count). The average Bonchev–Trinajstić information content (AvgIpc) is 1.99. The van der Waals surface area contributed by atoms with Crippen molar-refractivity contribution in [1.82, 2.24) is 14.0 Å². The summed E-state index contributed by atoms with van der Waals surface area (Å²) in [5, 5.41) is 0. The van der Waals surface area contributed by atoms with Gasteiger partial charge in [0.05, 0.1) is 0 Å². The van der Waals surface area contributed by atoms with Gasteiger partial charge < -0.3 is 0 Å². The first-order chi connectivity index (χ1) is 6.80. The Bertz CT molecular complexity index is 247. The fraction of sp³-hybridized carbons (Fsp3) is 1.00. The molecule has 1 aliphatic rings. The molecule has 5 heteroatoms. The smallest absolute Gasteiger partial charge is 0.270 e. The van der Waals surface area contributed by atoms with E-state index in [9.17, 15) is 4.57 Å². The molecule has 0 radical (unpaired) electrons. The normalized spacial score (nSPS) is 20.3. The SMILES string of the molecule is CC(C)C1CN(P(=O)(N(C)C)N(C)C)C1. The second-order valence-corrected chi connectivity index (χ2v) is 8.28. The van der Waals surface area contributed by atoms with Crippen molar-refractivity contribution in [2.75, 3.05) is 41.3 Å². The van der Waals surface area contributed by atoms with Crippen molar-refractivity contribution in [2.24, 2.45) is 11.8 Å². The van der Waals surface area contributed by atoms with Gasteiger partial charge in [-0.15, -0.1) is 0 Å². The zero-order valence-electron chi connectivity index (χ0n) is 10.8. The zero-order chi connectivity index (χ0) is 11.8. The molecule has 0 aliphatic carbocycles. The Morgan fingerprint density at radius 2 is 1.53 bits per heavy atom. The summed E-state index contributed by atoms with van der Waals surface area (Å²) in [4.78, 5) is 0. The first-order valence-corrected chi connectivity index (χ1v) is 7.07. The van der Waals surface area contributed by atoms with Crippen LogP contribution in [0, 0.1) is 11.8 Å². The Morgan fingerprint density at radius 1 is 1.13 bits per heavy atom. The van der Waals surface area contributed by atoms with E-state index in [-0.39, 0.29) is 0 Å². The van der Waals surface area contributed by atoms with E-state index in [2.05, 4.69) is 18.5 Å². The number of nitrogens with zero attached hydrogens (tertiary/aromatic N) is 3. The Balaban J connectivity index is 2.67. The summed E-state index contributed by atoms with van der Waals surface area (Å²) in [5.41, 5.74) is 0. The van der Waals surface area contributed by atoms with Crippen LogP contribution in [0.5, 0.6) is 0 Å². The van der Waals surface area contributed by atoms with Gasteiger partial charge in [-0.2, -0.15) is 0 Å². The zero-order valence-corrected chi connectivity index (χ0v) is 11.7. The van der Waals surface area contributed by atoms with Crippen LogP contribution in [-0.4, -0.2) is 55.3 Å². The largest absolute Gasteiger partial charge is 0.285 e. The van der Waals surface area contributed by atoms with Crippen molar-refractivity contribution in [1.29, 1.82) is 0 Å². The molecule has 0 bridgehead atoms. The van der Waals surface area contributed by atoms with E-state index in [1.807, 2.05) is 37.5 Å². The molecule has 0 aromatic rings. The Kier molecular flexibility index (Phi) is 3.99. The molecule has 0 saturated carbocycles. The Labute approximate surface area is 93.8 Å². The van der Waals surface area contributed by atoms with Gasteiger partial charge in [0, 0.05) is 13.1 Å². The molecular weight excluding hydrogens is 209 g/mol. The third kappa shape index (κ3) is 2.28. The van der Waals surface area contributed by atoms with Gasteiger partial charge in [0.15, 0.2) is 0 Å². The van der Waals surface area contributed by atoms with Crippen LogP contribution >= 0.6 is 7.59 Å². The molecule has 0 spiro atoms. The molecule has 0 N–H and O–H groups in total. The predicted octanol–water partition coefficient (Wildman–Crippen LogP) is 1.81. The summed E-state index contributed by atoms with van der Waals surface area (Å²) in [6.07, 6.45) is 0. The van der Waals surface area contributed by atoms with Crippen molar-refractivity contribution < 1.29 is 4.57 Å². The third-order valence-electron chi connectivity index (χ3n) is 3.24. The van der Waals surface area contributed by atoms with Crippen molar-refractivity contribution in [3.63, 3.8) is 0 Å². The minimum atomic E-state index is -2.44. The van der Waals surface area contributed by atoms with Crippen LogP contribution in [0.3, 0.4) is 0 Å². The van der Waals surface area contributed by atoms with E-state index >= 15 is 0 Å². The van der Waals surface area contributed by atoms with Crippen LogP contribution in [0.25, 0.3) is 0 Å². The molecule has 1 aliphatic heterocycles. The Hall–Kier alpha value is 0.110. The van der Waals surface area contributed by atoms with E-state index in [1.165, 1.54) is 0 Å². The standard InChI is InChI=1S/C10H24N3OP/c1-9(2)10-7-13(8-10)15(14,11(3)4)12(5)6/h9-10H,7-8H2,1-6H3. The quantitative estimate of drug-likeness (QED) is 0.692. The van der Waals surface area contributed by atoms with Gasteiger partial charge in [0.2, 0.25) is 0 Å². The van der Waals surface area contributed by atoms with Crippen LogP contribution < -0.4 is 0 Å².